The van der Waals surface area contributed by atoms with E-state index in [9.17, 15) is 9.59 Å². The smallest absolute Gasteiger partial charge is 0.228 e. The number of carbonyl (C=O) groups excluding carboxylic acids is 2. The number of nitrogens with one attached hydrogen (secondary N) is 2. The molecule has 0 fully saturated rings. The van der Waals surface area contributed by atoms with Gasteiger partial charge in [-0.1, -0.05) is 38.1 Å². The first-order chi connectivity index (χ1) is 10.9. The van der Waals surface area contributed by atoms with Crippen LogP contribution in [-0.4, -0.2) is 11.8 Å². The largest absolute Gasteiger partial charge is 0.326 e. The SMILES string of the molecule is CC(=O)Nc1ccc(CC(=O)Nc2cccc(C(C)C)c2)cc1. The molecular formula is C19H22N2O2. The molecule has 0 saturated heterocycles. The summed E-state index contributed by atoms with van der Waals surface area (Å²) in [5.74, 6) is 0.256. The highest BCUT2D eigenvalue weighted by atomic mass is 16.2. The van der Waals surface area contributed by atoms with Crippen molar-refractivity contribution < 1.29 is 9.59 Å². The van der Waals surface area contributed by atoms with Gasteiger partial charge in [0.1, 0.15) is 0 Å². The van der Waals surface area contributed by atoms with Gasteiger partial charge in [-0.25, -0.2) is 0 Å². The van der Waals surface area contributed by atoms with Crippen molar-refractivity contribution in [3.8, 4) is 0 Å². The van der Waals surface area contributed by atoms with E-state index in [1.165, 1.54) is 12.5 Å². The lowest BCUT2D eigenvalue weighted by atomic mass is 10.0. The molecule has 4 nitrogen and oxygen atoms in total. The molecule has 4 heteroatoms. The van der Waals surface area contributed by atoms with Gasteiger partial charge in [-0.05, 0) is 41.3 Å². The molecule has 2 aromatic rings. The first-order valence-corrected chi connectivity index (χ1v) is 7.70. The highest BCUT2D eigenvalue weighted by molar-refractivity contribution is 5.92. The fourth-order valence-corrected chi connectivity index (χ4v) is 2.28. The van der Waals surface area contributed by atoms with Crippen molar-refractivity contribution in [1.29, 1.82) is 0 Å². The Hall–Kier alpha value is -2.62. The maximum Gasteiger partial charge on any atom is 0.228 e. The maximum atomic E-state index is 12.1. The van der Waals surface area contributed by atoms with Gasteiger partial charge in [0.05, 0.1) is 6.42 Å². The van der Waals surface area contributed by atoms with Gasteiger partial charge in [-0.3, -0.25) is 9.59 Å². The Morgan fingerprint density at radius 2 is 1.65 bits per heavy atom. The van der Waals surface area contributed by atoms with E-state index in [2.05, 4.69) is 30.5 Å². The quantitative estimate of drug-likeness (QED) is 0.878. The average molecular weight is 310 g/mol. The number of hydrogen-bond donors (Lipinski definition) is 2. The molecule has 0 saturated carbocycles. The third kappa shape index (κ3) is 5.25. The number of anilines is 2. The predicted molar refractivity (Wildman–Crippen MR) is 93.6 cm³/mol. The van der Waals surface area contributed by atoms with Gasteiger partial charge < -0.3 is 10.6 Å². The number of amides is 2. The summed E-state index contributed by atoms with van der Waals surface area (Å²) in [6, 6.07) is 15.2. The third-order valence-electron chi connectivity index (χ3n) is 3.48. The molecule has 0 unspecified atom stereocenters. The Morgan fingerprint density at radius 1 is 0.957 bits per heavy atom. The highest BCUT2D eigenvalue weighted by Gasteiger charge is 2.06. The Labute approximate surface area is 136 Å². The number of benzene rings is 2. The molecule has 2 rings (SSSR count). The maximum absolute atomic E-state index is 12.1. The van der Waals surface area contributed by atoms with Crippen molar-refractivity contribution in [1.82, 2.24) is 0 Å². The van der Waals surface area contributed by atoms with E-state index in [4.69, 9.17) is 0 Å². The molecule has 0 atom stereocenters. The minimum absolute atomic E-state index is 0.0572. The summed E-state index contributed by atoms with van der Waals surface area (Å²) in [6.07, 6.45) is 0.298. The lowest BCUT2D eigenvalue weighted by Crippen LogP contribution is -2.14. The first-order valence-electron chi connectivity index (χ1n) is 7.70. The standard InChI is InChI=1S/C19H22N2O2/c1-13(2)16-5-4-6-18(12-16)21-19(23)11-15-7-9-17(10-8-15)20-14(3)22/h4-10,12-13H,11H2,1-3H3,(H,20,22)(H,21,23). The van der Waals surface area contributed by atoms with E-state index in [0.717, 1.165) is 16.9 Å². The topological polar surface area (TPSA) is 58.2 Å². The summed E-state index contributed by atoms with van der Waals surface area (Å²) in [4.78, 5) is 23.1. The summed E-state index contributed by atoms with van der Waals surface area (Å²) < 4.78 is 0. The number of rotatable bonds is 5. The van der Waals surface area contributed by atoms with Gasteiger partial charge >= 0.3 is 0 Å². The summed E-state index contributed by atoms with van der Waals surface area (Å²) >= 11 is 0. The fourth-order valence-electron chi connectivity index (χ4n) is 2.28. The fraction of sp³-hybridized carbons (Fsp3) is 0.263. The van der Waals surface area contributed by atoms with Crippen molar-refractivity contribution in [2.75, 3.05) is 10.6 Å². The van der Waals surface area contributed by atoms with Gasteiger partial charge in [0, 0.05) is 18.3 Å². The molecule has 2 amide bonds. The molecule has 2 N–H and O–H groups in total. The van der Waals surface area contributed by atoms with Crippen molar-refractivity contribution in [2.45, 2.75) is 33.1 Å². The van der Waals surface area contributed by atoms with E-state index < -0.39 is 0 Å². The molecule has 2 aromatic carbocycles. The van der Waals surface area contributed by atoms with Gasteiger partial charge in [0.15, 0.2) is 0 Å². The second-order valence-electron chi connectivity index (χ2n) is 5.88. The van der Waals surface area contributed by atoms with Crippen molar-refractivity contribution in [2.24, 2.45) is 0 Å². The van der Waals surface area contributed by atoms with Gasteiger partial charge in [0.25, 0.3) is 0 Å². The molecule has 0 aliphatic heterocycles. The van der Waals surface area contributed by atoms with Crippen LogP contribution in [0.5, 0.6) is 0 Å². The minimum Gasteiger partial charge on any atom is -0.326 e. The van der Waals surface area contributed by atoms with Crippen LogP contribution in [0.4, 0.5) is 11.4 Å². The second kappa shape index (κ2) is 7.58. The molecule has 0 aliphatic carbocycles. The van der Waals surface area contributed by atoms with Gasteiger partial charge in [0.2, 0.25) is 11.8 Å². The van der Waals surface area contributed by atoms with Crippen LogP contribution in [0.25, 0.3) is 0 Å². The van der Waals surface area contributed by atoms with E-state index >= 15 is 0 Å². The molecule has 120 valence electrons. The lowest BCUT2D eigenvalue weighted by molar-refractivity contribution is -0.116. The van der Waals surface area contributed by atoms with Crippen LogP contribution >= 0.6 is 0 Å². The van der Waals surface area contributed by atoms with Crippen LogP contribution in [0.2, 0.25) is 0 Å². The Balaban J connectivity index is 1.96. The monoisotopic (exact) mass is 310 g/mol. The first kappa shape index (κ1) is 16.7. The Morgan fingerprint density at radius 3 is 2.26 bits per heavy atom. The molecular weight excluding hydrogens is 288 g/mol. The Kier molecular flexibility index (Phi) is 5.52. The zero-order valence-electron chi connectivity index (χ0n) is 13.7. The number of hydrogen-bond acceptors (Lipinski definition) is 2. The molecule has 0 spiro atoms. The predicted octanol–water partition coefficient (Wildman–Crippen LogP) is 3.95. The van der Waals surface area contributed by atoms with Crippen LogP contribution in [0, 0.1) is 0 Å². The van der Waals surface area contributed by atoms with E-state index in [-0.39, 0.29) is 11.8 Å². The van der Waals surface area contributed by atoms with E-state index in [1.807, 2.05) is 30.3 Å². The average Bonchev–Trinajstić information content (AvgIpc) is 2.49. The zero-order chi connectivity index (χ0) is 16.8. The van der Waals surface area contributed by atoms with Crippen LogP contribution in [-0.2, 0) is 16.0 Å². The molecule has 0 bridgehead atoms. The van der Waals surface area contributed by atoms with Gasteiger partial charge in [-0.15, -0.1) is 0 Å². The molecule has 0 aliphatic rings. The minimum atomic E-state index is -0.111. The van der Waals surface area contributed by atoms with E-state index in [0.29, 0.717) is 12.3 Å². The number of carbonyl (C=O) groups is 2. The lowest BCUT2D eigenvalue weighted by Gasteiger charge is -2.10. The zero-order valence-corrected chi connectivity index (χ0v) is 13.7. The van der Waals surface area contributed by atoms with Gasteiger partial charge in [-0.2, -0.15) is 0 Å². The Bertz CT molecular complexity index is 691. The van der Waals surface area contributed by atoms with E-state index in [1.54, 1.807) is 12.1 Å². The van der Waals surface area contributed by atoms with Crippen LogP contribution in [0.3, 0.4) is 0 Å². The molecule has 0 radical (unpaired) electrons. The second-order valence-corrected chi connectivity index (χ2v) is 5.88. The molecule has 0 heterocycles. The van der Waals surface area contributed by atoms with Crippen molar-refractivity contribution in [3.63, 3.8) is 0 Å². The van der Waals surface area contributed by atoms with Crippen LogP contribution < -0.4 is 10.6 Å². The highest BCUT2D eigenvalue weighted by Crippen LogP contribution is 2.19. The van der Waals surface area contributed by atoms with Crippen molar-refractivity contribution >= 4 is 23.2 Å². The summed E-state index contributed by atoms with van der Waals surface area (Å²) in [6.45, 7) is 5.71. The van der Waals surface area contributed by atoms with Crippen LogP contribution in [0.15, 0.2) is 48.5 Å². The molecule has 23 heavy (non-hydrogen) atoms. The third-order valence-corrected chi connectivity index (χ3v) is 3.48. The van der Waals surface area contributed by atoms with Crippen LogP contribution in [0.1, 0.15) is 37.8 Å². The summed E-state index contributed by atoms with van der Waals surface area (Å²) in [5.41, 5.74) is 3.64. The van der Waals surface area contributed by atoms with Crippen molar-refractivity contribution in [3.05, 3.63) is 59.7 Å². The summed E-state index contributed by atoms with van der Waals surface area (Å²) in [7, 11) is 0. The normalized spacial score (nSPS) is 10.4. The molecule has 0 aromatic heterocycles. The summed E-state index contributed by atoms with van der Waals surface area (Å²) in [5, 5.41) is 5.63.